The Morgan fingerprint density at radius 1 is 1.55 bits per heavy atom. The molecule has 6 heteroatoms. The predicted octanol–water partition coefficient (Wildman–Crippen LogP) is 1.48. The largest absolute Gasteiger partial charge is 0.361 e. The minimum Gasteiger partial charge on any atom is -0.361 e. The molecule has 2 aromatic heterocycles. The summed E-state index contributed by atoms with van der Waals surface area (Å²) in [6.45, 7) is 5.12. The van der Waals surface area contributed by atoms with Crippen LogP contribution in [0.3, 0.4) is 0 Å². The summed E-state index contributed by atoms with van der Waals surface area (Å²) in [5.74, 6) is 2.05. The topological polar surface area (TPSA) is 73.0 Å². The van der Waals surface area contributed by atoms with Crippen molar-refractivity contribution in [2.45, 2.75) is 33.2 Å². The van der Waals surface area contributed by atoms with Gasteiger partial charge in [0.05, 0.1) is 5.69 Å². The number of nitrogens with zero attached hydrogens (tertiary/aromatic N) is 3. The Kier molecular flexibility index (Phi) is 3.30. The van der Waals surface area contributed by atoms with Gasteiger partial charge in [-0.25, -0.2) is 4.98 Å². The van der Waals surface area contributed by atoms with Crippen molar-refractivity contribution in [2.75, 3.05) is 6.54 Å². The molecular formula is C14H18N4O2. The maximum absolute atomic E-state index is 12.2. The van der Waals surface area contributed by atoms with Gasteiger partial charge in [0.25, 0.3) is 5.91 Å². The molecule has 0 radical (unpaired) electrons. The van der Waals surface area contributed by atoms with Crippen molar-refractivity contribution >= 4 is 5.91 Å². The summed E-state index contributed by atoms with van der Waals surface area (Å²) in [6, 6.07) is 0. The molecule has 0 unspecified atom stereocenters. The third kappa shape index (κ3) is 2.33. The van der Waals surface area contributed by atoms with Gasteiger partial charge >= 0.3 is 0 Å². The number of carbonyl (C=O) groups is 1. The Bertz CT molecular complexity index is 609. The molecule has 0 bridgehead atoms. The lowest BCUT2D eigenvalue weighted by molar-refractivity contribution is 0.0941. The first kappa shape index (κ1) is 12.9. The predicted molar refractivity (Wildman–Crippen MR) is 72.3 cm³/mol. The third-order valence-electron chi connectivity index (χ3n) is 3.84. The summed E-state index contributed by atoms with van der Waals surface area (Å²) in [5.41, 5.74) is 1.20. The second-order valence-electron chi connectivity index (χ2n) is 5.31. The van der Waals surface area contributed by atoms with E-state index in [1.807, 2.05) is 12.4 Å². The van der Waals surface area contributed by atoms with E-state index in [1.165, 1.54) is 0 Å². The first-order chi connectivity index (χ1) is 9.65. The minimum absolute atomic E-state index is 0.0994. The van der Waals surface area contributed by atoms with Gasteiger partial charge in [-0.15, -0.1) is 0 Å². The molecule has 1 aliphatic heterocycles. The van der Waals surface area contributed by atoms with Gasteiger partial charge in [-0.05, 0) is 26.2 Å². The highest BCUT2D eigenvalue weighted by Gasteiger charge is 2.21. The van der Waals surface area contributed by atoms with Gasteiger partial charge < -0.3 is 14.4 Å². The Hall–Kier alpha value is -2.11. The smallest absolute Gasteiger partial charge is 0.256 e. The van der Waals surface area contributed by atoms with Crippen molar-refractivity contribution in [3.8, 4) is 0 Å². The molecule has 1 aliphatic rings. The van der Waals surface area contributed by atoms with Gasteiger partial charge in [-0.3, -0.25) is 4.79 Å². The van der Waals surface area contributed by atoms with E-state index in [-0.39, 0.29) is 5.91 Å². The van der Waals surface area contributed by atoms with E-state index < -0.39 is 0 Å². The zero-order valence-electron chi connectivity index (χ0n) is 11.7. The molecule has 2 aromatic rings. The molecule has 1 amide bonds. The molecule has 6 nitrogen and oxygen atoms in total. The molecular weight excluding hydrogens is 256 g/mol. The minimum atomic E-state index is -0.0994. The van der Waals surface area contributed by atoms with Crippen LogP contribution >= 0.6 is 0 Å². The van der Waals surface area contributed by atoms with Gasteiger partial charge in [-0.1, -0.05) is 5.16 Å². The highest BCUT2D eigenvalue weighted by atomic mass is 16.5. The summed E-state index contributed by atoms with van der Waals surface area (Å²) in [6.07, 6.45) is 5.86. The number of carbonyl (C=O) groups excluding carboxylic acids is 1. The first-order valence-electron chi connectivity index (χ1n) is 6.86. The standard InChI is InChI=1S/C14H18N4O2/c1-9-13(10(2)20-17-9)14(19)16-7-11-3-4-12-15-5-6-18(12)8-11/h5-6,11H,3-4,7-8H2,1-2H3,(H,16,19)/t11-/m0/s1. The molecule has 20 heavy (non-hydrogen) atoms. The number of amides is 1. The number of hydrogen-bond donors (Lipinski definition) is 1. The van der Waals surface area contributed by atoms with E-state index in [0.717, 1.165) is 25.2 Å². The first-order valence-corrected chi connectivity index (χ1v) is 6.86. The monoisotopic (exact) mass is 274 g/mol. The van der Waals surface area contributed by atoms with Gasteiger partial charge in [0.1, 0.15) is 17.1 Å². The fourth-order valence-electron chi connectivity index (χ4n) is 2.74. The Morgan fingerprint density at radius 2 is 2.40 bits per heavy atom. The molecule has 0 saturated carbocycles. The fourth-order valence-corrected chi connectivity index (χ4v) is 2.74. The van der Waals surface area contributed by atoms with Crippen molar-refractivity contribution in [2.24, 2.45) is 5.92 Å². The summed E-state index contributed by atoms with van der Waals surface area (Å²) in [7, 11) is 0. The molecule has 0 aromatic carbocycles. The Morgan fingerprint density at radius 3 is 3.15 bits per heavy atom. The lowest BCUT2D eigenvalue weighted by Gasteiger charge is -2.23. The number of hydrogen-bond acceptors (Lipinski definition) is 4. The van der Waals surface area contributed by atoms with Crippen LogP contribution in [0.4, 0.5) is 0 Å². The fraction of sp³-hybridized carbons (Fsp3) is 0.500. The average molecular weight is 274 g/mol. The normalized spacial score (nSPS) is 17.8. The van der Waals surface area contributed by atoms with Gasteiger partial charge in [0, 0.05) is 31.9 Å². The number of nitrogens with one attached hydrogen (secondary N) is 1. The summed E-state index contributed by atoms with van der Waals surface area (Å²) >= 11 is 0. The summed E-state index contributed by atoms with van der Waals surface area (Å²) < 4.78 is 7.18. The van der Waals surface area contributed by atoms with Gasteiger partial charge in [0.2, 0.25) is 0 Å². The zero-order chi connectivity index (χ0) is 14.1. The maximum atomic E-state index is 12.2. The molecule has 106 valence electrons. The van der Waals surface area contributed by atoms with Crippen LogP contribution in [-0.4, -0.2) is 27.2 Å². The van der Waals surface area contributed by atoms with Crippen LogP contribution in [0.15, 0.2) is 16.9 Å². The zero-order valence-corrected chi connectivity index (χ0v) is 11.7. The number of imidazole rings is 1. The van der Waals surface area contributed by atoms with Crippen LogP contribution in [0, 0.1) is 19.8 Å². The molecule has 3 heterocycles. The van der Waals surface area contributed by atoms with Crippen molar-refractivity contribution in [1.29, 1.82) is 0 Å². The van der Waals surface area contributed by atoms with Crippen molar-refractivity contribution < 1.29 is 9.32 Å². The number of aryl methyl sites for hydroxylation is 3. The average Bonchev–Trinajstić information content (AvgIpc) is 3.02. The van der Waals surface area contributed by atoms with Crippen molar-refractivity contribution in [1.82, 2.24) is 20.0 Å². The van der Waals surface area contributed by atoms with E-state index in [2.05, 4.69) is 20.0 Å². The SMILES string of the molecule is Cc1noc(C)c1C(=O)NC[C@@H]1CCc2nccn2C1. The Balaban J connectivity index is 1.60. The third-order valence-corrected chi connectivity index (χ3v) is 3.84. The molecule has 0 fully saturated rings. The highest BCUT2D eigenvalue weighted by Crippen LogP contribution is 2.18. The lowest BCUT2D eigenvalue weighted by atomic mass is 9.99. The number of aromatic nitrogens is 3. The van der Waals surface area contributed by atoms with Gasteiger partial charge in [0.15, 0.2) is 0 Å². The van der Waals surface area contributed by atoms with Crippen LogP contribution in [0.5, 0.6) is 0 Å². The van der Waals surface area contributed by atoms with E-state index in [9.17, 15) is 4.79 Å². The molecule has 0 aliphatic carbocycles. The van der Waals surface area contributed by atoms with Crippen LogP contribution in [0.25, 0.3) is 0 Å². The van der Waals surface area contributed by atoms with E-state index >= 15 is 0 Å². The lowest BCUT2D eigenvalue weighted by Crippen LogP contribution is -2.34. The van der Waals surface area contributed by atoms with Crippen LogP contribution in [-0.2, 0) is 13.0 Å². The van der Waals surface area contributed by atoms with Crippen molar-refractivity contribution in [3.63, 3.8) is 0 Å². The van der Waals surface area contributed by atoms with E-state index in [0.29, 0.717) is 29.5 Å². The Labute approximate surface area is 117 Å². The van der Waals surface area contributed by atoms with Crippen LogP contribution in [0.2, 0.25) is 0 Å². The van der Waals surface area contributed by atoms with Crippen LogP contribution in [0.1, 0.15) is 34.1 Å². The summed E-state index contributed by atoms with van der Waals surface area (Å²) in [4.78, 5) is 16.5. The molecule has 0 saturated heterocycles. The molecule has 3 rings (SSSR count). The highest BCUT2D eigenvalue weighted by molar-refractivity contribution is 5.96. The molecule has 1 atom stereocenters. The molecule has 1 N–H and O–H groups in total. The van der Waals surface area contributed by atoms with Crippen LogP contribution < -0.4 is 5.32 Å². The van der Waals surface area contributed by atoms with E-state index in [1.54, 1.807) is 13.8 Å². The second kappa shape index (κ2) is 5.11. The summed E-state index contributed by atoms with van der Waals surface area (Å²) in [5, 5.41) is 6.79. The molecule has 0 spiro atoms. The second-order valence-corrected chi connectivity index (χ2v) is 5.31. The number of fused-ring (bicyclic) bond motifs is 1. The van der Waals surface area contributed by atoms with Gasteiger partial charge in [-0.2, -0.15) is 0 Å². The van der Waals surface area contributed by atoms with Crippen molar-refractivity contribution in [3.05, 3.63) is 35.2 Å². The number of rotatable bonds is 3. The van der Waals surface area contributed by atoms with E-state index in [4.69, 9.17) is 4.52 Å². The quantitative estimate of drug-likeness (QED) is 0.920. The maximum Gasteiger partial charge on any atom is 0.256 e.